The lowest BCUT2D eigenvalue weighted by Gasteiger charge is -2.12. The third-order valence-corrected chi connectivity index (χ3v) is 7.18. The number of hydrogen-bond acceptors (Lipinski definition) is 4. The Morgan fingerprint density at radius 2 is 1.59 bits per heavy atom. The van der Waals surface area contributed by atoms with Crippen LogP contribution in [0.4, 0.5) is 30.5 Å². The monoisotopic (exact) mass is 610 g/mol. The fourth-order valence-electron chi connectivity index (χ4n) is 3.78. The molecule has 1 saturated carbocycles. The molecule has 194 valence electrons. The highest BCUT2D eigenvalue weighted by Crippen LogP contribution is 2.65. The van der Waals surface area contributed by atoms with E-state index in [1.807, 2.05) is 0 Å². The zero-order valence-electron chi connectivity index (χ0n) is 18.1. The molecule has 2 aromatic carbocycles. The Labute approximate surface area is 233 Å². The predicted molar refractivity (Wildman–Crippen MR) is 139 cm³/mol. The maximum atomic E-state index is 13.1. The summed E-state index contributed by atoms with van der Waals surface area (Å²) in [6.07, 6.45) is -4.70. The Morgan fingerprint density at radius 3 is 2.22 bits per heavy atom. The minimum atomic E-state index is -4.70. The molecule has 2 amide bonds. The van der Waals surface area contributed by atoms with E-state index in [1.54, 1.807) is 12.1 Å². The summed E-state index contributed by atoms with van der Waals surface area (Å²) in [5.41, 5.74) is 4.94. The number of rotatable bonds is 5. The van der Waals surface area contributed by atoms with Gasteiger partial charge in [-0.15, -0.1) is 23.2 Å². The number of anilines is 3. The molecule has 1 aliphatic carbocycles. The molecule has 1 fully saturated rings. The maximum Gasteiger partial charge on any atom is 0.416 e. The molecule has 0 aliphatic heterocycles. The number of pyridine rings is 1. The van der Waals surface area contributed by atoms with E-state index in [0.717, 1.165) is 0 Å². The molecule has 1 aromatic heterocycles. The number of nitrogens with zero attached hydrogens (tertiary/aromatic N) is 1. The molecular weight excluding hydrogens is 599 g/mol. The largest absolute Gasteiger partial charge is 0.416 e. The van der Waals surface area contributed by atoms with Gasteiger partial charge in [0.25, 0.3) is 5.91 Å². The molecule has 6 nitrogen and oxygen atoms in total. The Kier molecular flexibility index (Phi) is 7.49. The van der Waals surface area contributed by atoms with Crippen LogP contribution in [0.3, 0.4) is 0 Å². The van der Waals surface area contributed by atoms with Gasteiger partial charge in [-0.1, -0.05) is 34.8 Å². The summed E-state index contributed by atoms with van der Waals surface area (Å²) < 4.78 is 37.7. The standard InChI is InChI=1S/C23H14Cl5F3N4O2/c24-11-3-9(4-12(25)7-11)18-19(22(18,27)28)21(37)33-13-1-2-15(26)14(8-13)20(36)35-17-6-10(23(29,30)31)5-16(32)34-17/h1-8,18-19H,(H,33,37)(H3,32,34,35,36)/t18-,19+/m1/s1. The van der Waals surface area contributed by atoms with Crippen molar-refractivity contribution in [3.63, 3.8) is 0 Å². The van der Waals surface area contributed by atoms with Gasteiger partial charge < -0.3 is 16.4 Å². The van der Waals surface area contributed by atoms with Crippen LogP contribution in [0.5, 0.6) is 0 Å². The fraction of sp³-hybridized carbons (Fsp3) is 0.174. The minimum Gasteiger partial charge on any atom is -0.384 e. The van der Waals surface area contributed by atoms with Crippen molar-refractivity contribution in [3.8, 4) is 0 Å². The van der Waals surface area contributed by atoms with E-state index in [0.29, 0.717) is 27.7 Å². The van der Waals surface area contributed by atoms with Gasteiger partial charge in [0.15, 0.2) is 0 Å². The molecule has 0 saturated heterocycles. The summed E-state index contributed by atoms with van der Waals surface area (Å²) in [4.78, 5) is 29.4. The first-order chi connectivity index (χ1) is 17.2. The highest BCUT2D eigenvalue weighted by Gasteiger charge is 2.67. The number of carbonyl (C=O) groups excluding carboxylic acids is 2. The highest BCUT2D eigenvalue weighted by molar-refractivity contribution is 6.53. The van der Waals surface area contributed by atoms with E-state index in [2.05, 4.69) is 15.6 Å². The lowest BCUT2D eigenvalue weighted by atomic mass is 10.1. The average Bonchev–Trinajstić information content (AvgIpc) is 3.35. The summed E-state index contributed by atoms with van der Waals surface area (Å²) >= 11 is 30.9. The number of nitrogens with two attached hydrogens (primary N) is 1. The quantitative estimate of drug-likeness (QED) is 0.261. The van der Waals surface area contributed by atoms with Gasteiger partial charge in [-0.2, -0.15) is 13.2 Å². The number of hydrogen-bond donors (Lipinski definition) is 3. The second-order valence-corrected chi connectivity index (χ2v) is 10.9. The SMILES string of the molecule is Nc1cc(C(F)(F)F)cc(NC(=O)c2cc(NC(=O)[C@@H]3[C@@H](c4cc(Cl)cc(Cl)c4)C3(Cl)Cl)ccc2Cl)n1. The molecule has 0 bridgehead atoms. The number of alkyl halides is 5. The van der Waals surface area contributed by atoms with Crippen LogP contribution in [0.1, 0.15) is 27.4 Å². The molecular formula is C23H14Cl5F3N4O2. The van der Waals surface area contributed by atoms with E-state index in [4.69, 9.17) is 63.7 Å². The van der Waals surface area contributed by atoms with E-state index < -0.39 is 51.4 Å². The summed E-state index contributed by atoms with van der Waals surface area (Å²) in [6, 6.07) is 9.99. The van der Waals surface area contributed by atoms with Crippen molar-refractivity contribution in [3.05, 3.63) is 80.3 Å². The number of carbonyl (C=O) groups is 2. The number of aromatic nitrogens is 1. The molecule has 1 aliphatic rings. The molecule has 4 rings (SSSR count). The lowest BCUT2D eigenvalue weighted by molar-refractivity contribution is -0.137. The fourth-order valence-corrected chi connectivity index (χ4v) is 5.36. The van der Waals surface area contributed by atoms with Crippen LogP contribution >= 0.6 is 58.0 Å². The van der Waals surface area contributed by atoms with Crippen LogP contribution in [-0.4, -0.2) is 21.1 Å². The van der Waals surface area contributed by atoms with Crippen molar-refractivity contribution >= 4 is 87.1 Å². The molecule has 3 aromatic rings. The van der Waals surface area contributed by atoms with Gasteiger partial charge in [0.2, 0.25) is 5.91 Å². The third kappa shape index (κ3) is 6.02. The molecule has 2 atom stereocenters. The second kappa shape index (κ2) is 10.0. The van der Waals surface area contributed by atoms with Gasteiger partial charge in [0, 0.05) is 21.7 Å². The molecule has 0 spiro atoms. The number of nitrogen functional groups attached to an aromatic ring is 1. The van der Waals surface area contributed by atoms with E-state index in [9.17, 15) is 22.8 Å². The predicted octanol–water partition coefficient (Wildman–Crippen LogP) is 7.42. The van der Waals surface area contributed by atoms with Gasteiger partial charge in [-0.3, -0.25) is 9.59 Å². The minimum absolute atomic E-state index is 0.0302. The Hall–Kier alpha value is -2.43. The summed E-state index contributed by atoms with van der Waals surface area (Å²) in [6.45, 7) is 0. The van der Waals surface area contributed by atoms with Crippen LogP contribution in [-0.2, 0) is 11.0 Å². The van der Waals surface area contributed by atoms with Crippen LogP contribution in [0, 0.1) is 5.92 Å². The molecule has 14 heteroatoms. The topological polar surface area (TPSA) is 97.1 Å². The van der Waals surface area contributed by atoms with Gasteiger partial charge in [0.05, 0.1) is 22.1 Å². The lowest BCUT2D eigenvalue weighted by Crippen LogP contribution is -2.19. The van der Waals surface area contributed by atoms with Crippen LogP contribution in [0.25, 0.3) is 0 Å². The number of benzene rings is 2. The Morgan fingerprint density at radius 1 is 0.946 bits per heavy atom. The average molecular weight is 613 g/mol. The summed E-state index contributed by atoms with van der Waals surface area (Å²) in [7, 11) is 0. The molecule has 0 unspecified atom stereocenters. The molecule has 37 heavy (non-hydrogen) atoms. The van der Waals surface area contributed by atoms with Crippen molar-refractivity contribution < 1.29 is 22.8 Å². The van der Waals surface area contributed by atoms with Crippen molar-refractivity contribution in [2.45, 2.75) is 16.4 Å². The zero-order valence-corrected chi connectivity index (χ0v) is 21.9. The summed E-state index contributed by atoms with van der Waals surface area (Å²) in [5.74, 6) is -3.77. The smallest absolute Gasteiger partial charge is 0.384 e. The molecule has 4 N–H and O–H groups in total. The van der Waals surface area contributed by atoms with E-state index in [-0.39, 0.29) is 16.3 Å². The first kappa shape index (κ1) is 27.6. The molecule has 1 heterocycles. The first-order valence-corrected chi connectivity index (χ1v) is 12.2. The number of nitrogens with one attached hydrogen (secondary N) is 2. The van der Waals surface area contributed by atoms with E-state index >= 15 is 0 Å². The van der Waals surface area contributed by atoms with Crippen LogP contribution in [0.2, 0.25) is 15.1 Å². The summed E-state index contributed by atoms with van der Waals surface area (Å²) in [5, 5.41) is 5.51. The van der Waals surface area contributed by atoms with Crippen molar-refractivity contribution in [1.29, 1.82) is 0 Å². The normalized spacial score (nSPS) is 18.3. The number of amides is 2. The zero-order chi connectivity index (χ0) is 27.3. The van der Waals surface area contributed by atoms with Gasteiger partial charge in [-0.05, 0) is 54.1 Å². The Balaban J connectivity index is 1.52. The van der Waals surface area contributed by atoms with E-state index in [1.165, 1.54) is 24.3 Å². The maximum absolute atomic E-state index is 13.1. The van der Waals surface area contributed by atoms with Gasteiger partial charge >= 0.3 is 6.18 Å². The van der Waals surface area contributed by atoms with Crippen molar-refractivity contribution in [1.82, 2.24) is 4.98 Å². The second-order valence-electron chi connectivity index (χ2n) is 8.13. The highest BCUT2D eigenvalue weighted by atomic mass is 35.5. The first-order valence-electron chi connectivity index (χ1n) is 10.3. The van der Waals surface area contributed by atoms with Crippen molar-refractivity contribution in [2.75, 3.05) is 16.4 Å². The number of halogens is 8. The van der Waals surface area contributed by atoms with Crippen LogP contribution in [0.15, 0.2) is 48.5 Å². The van der Waals surface area contributed by atoms with Gasteiger partial charge in [-0.25, -0.2) is 4.98 Å². The van der Waals surface area contributed by atoms with Crippen molar-refractivity contribution in [2.24, 2.45) is 5.92 Å². The third-order valence-electron chi connectivity index (χ3n) is 5.47. The molecule has 0 radical (unpaired) electrons. The Bertz CT molecular complexity index is 1400. The van der Waals surface area contributed by atoms with Gasteiger partial charge in [0.1, 0.15) is 16.0 Å². The van der Waals surface area contributed by atoms with Crippen LogP contribution < -0.4 is 16.4 Å².